The SMILES string of the molecule is CC(C)(C)NCCN1C(=O)Cc2cc([N+](=O)[O-])ccc21. The van der Waals surface area contributed by atoms with Gasteiger partial charge in [0.1, 0.15) is 0 Å². The number of anilines is 1. The zero-order valence-electron chi connectivity index (χ0n) is 12.0. The number of nitrogens with one attached hydrogen (secondary N) is 1. The maximum Gasteiger partial charge on any atom is 0.269 e. The summed E-state index contributed by atoms with van der Waals surface area (Å²) in [4.78, 5) is 24.0. The summed E-state index contributed by atoms with van der Waals surface area (Å²) in [7, 11) is 0. The first kappa shape index (κ1) is 14.5. The van der Waals surface area contributed by atoms with Crippen LogP contribution in [0.1, 0.15) is 26.3 Å². The molecule has 6 heteroatoms. The maximum absolute atomic E-state index is 12.0. The van der Waals surface area contributed by atoms with Crippen LogP contribution >= 0.6 is 0 Å². The minimum atomic E-state index is -0.436. The van der Waals surface area contributed by atoms with Crippen LogP contribution in [0.4, 0.5) is 11.4 Å². The molecule has 1 amide bonds. The second-order valence-corrected chi connectivity index (χ2v) is 5.97. The Bertz CT molecular complexity index is 549. The van der Waals surface area contributed by atoms with Gasteiger partial charge in [-0.3, -0.25) is 14.9 Å². The average Bonchev–Trinajstić information content (AvgIpc) is 2.63. The highest BCUT2D eigenvalue weighted by Crippen LogP contribution is 2.31. The van der Waals surface area contributed by atoms with Gasteiger partial charge in [0.15, 0.2) is 0 Å². The molecule has 0 bridgehead atoms. The molecule has 0 spiro atoms. The van der Waals surface area contributed by atoms with Crippen LogP contribution in [0.5, 0.6) is 0 Å². The van der Waals surface area contributed by atoms with Crippen molar-refractivity contribution in [2.24, 2.45) is 0 Å². The van der Waals surface area contributed by atoms with Crippen molar-refractivity contribution in [1.82, 2.24) is 5.32 Å². The van der Waals surface area contributed by atoms with Crippen molar-refractivity contribution in [2.75, 3.05) is 18.0 Å². The molecule has 0 saturated carbocycles. The average molecular weight is 277 g/mol. The van der Waals surface area contributed by atoms with Gasteiger partial charge in [0.05, 0.1) is 11.3 Å². The van der Waals surface area contributed by atoms with E-state index in [1.165, 1.54) is 12.1 Å². The summed E-state index contributed by atoms with van der Waals surface area (Å²) in [6, 6.07) is 4.60. The van der Waals surface area contributed by atoms with Gasteiger partial charge in [-0.2, -0.15) is 0 Å². The number of carbonyl (C=O) groups excluding carboxylic acids is 1. The fourth-order valence-electron chi connectivity index (χ4n) is 2.27. The Kier molecular flexibility index (Phi) is 3.76. The van der Waals surface area contributed by atoms with Gasteiger partial charge in [-0.05, 0) is 32.4 Å². The van der Waals surface area contributed by atoms with Crippen LogP contribution in [0.15, 0.2) is 18.2 Å². The molecule has 20 heavy (non-hydrogen) atoms. The van der Waals surface area contributed by atoms with Gasteiger partial charge in [-0.1, -0.05) is 0 Å². The smallest absolute Gasteiger partial charge is 0.269 e. The third-order valence-electron chi connectivity index (χ3n) is 3.20. The molecule has 1 aromatic rings. The first-order valence-corrected chi connectivity index (χ1v) is 6.61. The Hall–Kier alpha value is -1.95. The van der Waals surface area contributed by atoms with Crippen LogP contribution in [0, 0.1) is 10.1 Å². The third-order valence-corrected chi connectivity index (χ3v) is 3.20. The summed E-state index contributed by atoms with van der Waals surface area (Å²) in [5.74, 6) is -0.00351. The third kappa shape index (κ3) is 3.14. The molecule has 108 valence electrons. The van der Waals surface area contributed by atoms with E-state index in [0.717, 1.165) is 11.3 Å². The van der Waals surface area contributed by atoms with Crippen LogP contribution < -0.4 is 10.2 Å². The Balaban J connectivity index is 2.11. The largest absolute Gasteiger partial charge is 0.311 e. The molecule has 0 radical (unpaired) electrons. The second kappa shape index (κ2) is 5.20. The van der Waals surface area contributed by atoms with E-state index in [1.54, 1.807) is 11.0 Å². The van der Waals surface area contributed by atoms with Crippen molar-refractivity contribution in [3.05, 3.63) is 33.9 Å². The van der Waals surface area contributed by atoms with Crippen LogP contribution in [-0.2, 0) is 11.2 Å². The molecule has 6 nitrogen and oxygen atoms in total. The fraction of sp³-hybridized carbons (Fsp3) is 0.500. The maximum atomic E-state index is 12.0. The lowest BCUT2D eigenvalue weighted by atomic mass is 10.1. The molecule has 1 aliphatic rings. The Morgan fingerprint density at radius 2 is 2.10 bits per heavy atom. The Labute approximate surface area is 117 Å². The Morgan fingerprint density at radius 3 is 2.70 bits per heavy atom. The highest BCUT2D eigenvalue weighted by atomic mass is 16.6. The van der Waals surface area contributed by atoms with E-state index in [4.69, 9.17) is 0 Å². The van der Waals surface area contributed by atoms with Gasteiger partial charge in [0.25, 0.3) is 5.69 Å². The van der Waals surface area contributed by atoms with E-state index in [1.807, 2.05) is 0 Å². The van der Waals surface area contributed by atoms with E-state index in [2.05, 4.69) is 26.1 Å². The van der Waals surface area contributed by atoms with Gasteiger partial charge in [0.2, 0.25) is 5.91 Å². The van der Waals surface area contributed by atoms with Gasteiger partial charge in [0, 0.05) is 36.4 Å². The van der Waals surface area contributed by atoms with Gasteiger partial charge in [-0.15, -0.1) is 0 Å². The standard InChI is InChI=1S/C14H19N3O3/c1-14(2,3)15-6-7-16-12-5-4-11(17(19)20)8-10(12)9-13(16)18/h4-5,8,15H,6-7,9H2,1-3H3. The lowest BCUT2D eigenvalue weighted by Crippen LogP contribution is -2.42. The number of non-ortho nitro benzene ring substituents is 1. The lowest BCUT2D eigenvalue weighted by molar-refractivity contribution is -0.384. The predicted molar refractivity (Wildman–Crippen MR) is 76.9 cm³/mol. The quantitative estimate of drug-likeness (QED) is 0.673. The molecule has 0 saturated heterocycles. The number of fused-ring (bicyclic) bond motifs is 1. The van der Waals surface area contributed by atoms with E-state index >= 15 is 0 Å². The number of amides is 1. The van der Waals surface area contributed by atoms with E-state index in [9.17, 15) is 14.9 Å². The number of hydrogen-bond donors (Lipinski definition) is 1. The normalized spacial score (nSPS) is 14.6. The number of carbonyl (C=O) groups is 1. The summed E-state index contributed by atoms with van der Waals surface area (Å²) in [5.41, 5.74) is 1.56. The van der Waals surface area contributed by atoms with Crippen LogP contribution in [0.2, 0.25) is 0 Å². The summed E-state index contributed by atoms with van der Waals surface area (Å²) >= 11 is 0. The van der Waals surface area contributed by atoms with Gasteiger partial charge >= 0.3 is 0 Å². The molecule has 1 heterocycles. The number of nitrogens with zero attached hydrogens (tertiary/aromatic N) is 2. The topological polar surface area (TPSA) is 75.5 Å². The van der Waals surface area contributed by atoms with E-state index < -0.39 is 4.92 Å². The molecule has 1 N–H and O–H groups in total. The lowest BCUT2D eigenvalue weighted by Gasteiger charge is -2.23. The van der Waals surface area contributed by atoms with E-state index in [-0.39, 0.29) is 23.6 Å². The monoisotopic (exact) mass is 277 g/mol. The Morgan fingerprint density at radius 1 is 1.40 bits per heavy atom. The number of benzene rings is 1. The second-order valence-electron chi connectivity index (χ2n) is 5.97. The minimum Gasteiger partial charge on any atom is -0.311 e. The molecule has 1 aromatic carbocycles. The van der Waals surface area contributed by atoms with Crippen LogP contribution in [-0.4, -0.2) is 29.5 Å². The van der Waals surface area contributed by atoms with Crippen molar-refractivity contribution in [3.63, 3.8) is 0 Å². The van der Waals surface area contributed by atoms with Crippen molar-refractivity contribution < 1.29 is 9.72 Å². The molecule has 0 fully saturated rings. The van der Waals surface area contributed by atoms with Crippen molar-refractivity contribution in [1.29, 1.82) is 0 Å². The van der Waals surface area contributed by atoms with Gasteiger partial charge in [-0.25, -0.2) is 0 Å². The molecule has 1 aliphatic heterocycles. The van der Waals surface area contributed by atoms with E-state index in [0.29, 0.717) is 13.1 Å². The number of rotatable bonds is 4. The van der Waals surface area contributed by atoms with Crippen LogP contribution in [0.25, 0.3) is 0 Å². The zero-order valence-corrected chi connectivity index (χ0v) is 12.0. The van der Waals surface area contributed by atoms with Gasteiger partial charge < -0.3 is 10.2 Å². The molecular formula is C14H19N3O3. The summed E-state index contributed by atoms with van der Waals surface area (Å²) < 4.78 is 0. The molecular weight excluding hydrogens is 258 g/mol. The van der Waals surface area contributed by atoms with Crippen LogP contribution in [0.3, 0.4) is 0 Å². The summed E-state index contributed by atoms with van der Waals surface area (Å²) in [6.07, 6.45) is 0.243. The number of hydrogen-bond acceptors (Lipinski definition) is 4. The molecule has 0 aliphatic carbocycles. The molecule has 0 unspecified atom stereocenters. The first-order chi connectivity index (χ1) is 9.28. The fourth-order valence-corrected chi connectivity index (χ4v) is 2.27. The summed E-state index contributed by atoms with van der Waals surface area (Å²) in [5, 5.41) is 14.1. The molecule has 0 aromatic heterocycles. The highest BCUT2D eigenvalue weighted by Gasteiger charge is 2.28. The van der Waals surface area contributed by atoms with Crippen molar-refractivity contribution >= 4 is 17.3 Å². The highest BCUT2D eigenvalue weighted by molar-refractivity contribution is 6.01. The number of nitro benzene ring substituents is 1. The zero-order chi connectivity index (χ0) is 14.9. The first-order valence-electron chi connectivity index (χ1n) is 6.61. The van der Waals surface area contributed by atoms with Crippen molar-refractivity contribution in [3.8, 4) is 0 Å². The minimum absolute atomic E-state index is 0.00107. The molecule has 2 rings (SSSR count). The van der Waals surface area contributed by atoms with Crippen molar-refractivity contribution in [2.45, 2.75) is 32.7 Å². The molecule has 0 atom stereocenters. The summed E-state index contributed by atoms with van der Waals surface area (Å²) in [6.45, 7) is 7.45. The number of nitro groups is 1. The predicted octanol–water partition coefficient (Wildman–Crippen LogP) is 1.87.